The van der Waals surface area contributed by atoms with Crippen LogP contribution in [0.15, 0.2) is 18.2 Å². The van der Waals surface area contributed by atoms with E-state index in [1.165, 1.54) is 6.42 Å². The molecule has 4 atom stereocenters. The van der Waals surface area contributed by atoms with Gasteiger partial charge in [0.15, 0.2) is 11.5 Å². The predicted octanol–water partition coefficient (Wildman–Crippen LogP) is 1.28. The van der Waals surface area contributed by atoms with Crippen molar-refractivity contribution in [2.75, 3.05) is 19.9 Å². The van der Waals surface area contributed by atoms with Gasteiger partial charge in [-0.05, 0) is 43.2 Å². The lowest BCUT2D eigenvalue weighted by atomic mass is 9.84. The van der Waals surface area contributed by atoms with Crippen molar-refractivity contribution >= 4 is 5.91 Å². The van der Waals surface area contributed by atoms with Gasteiger partial charge in [0.2, 0.25) is 12.7 Å². The minimum absolute atomic E-state index is 0.0145. The number of benzene rings is 1. The maximum absolute atomic E-state index is 12.3. The van der Waals surface area contributed by atoms with Gasteiger partial charge in [0.05, 0.1) is 12.5 Å². The van der Waals surface area contributed by atoms with E-state index < -0.39 is 0 Å². The van der Waals surface area contributed by atoms with Gasteiger partial charge in [-0.3, -0.25) is 4.79 Å². The molecule has 2 aliphatic carbocycles. The Kier molecular flexibility index (Phi) is 3.77. The molecule has 4 rings (SSSR count). The summed E-state index contributed by atoms with van der Waals surface area (Å²) in [5.74, 6) is 3.22. The highest BCUT2D eigenvalue weighted by molar-refractivity contribution is 5.80. The van der Waals surface area contributed by atoms with Crippen LogP contribution in [0, 0.1) is 17.8 Å². The van der Waals surface area contributed by atoms with E-state index >= 15 is 0 Å². The molecule has 1 aromatic carbocycles. The molecule has 2 bridgehead atoms. The molecule has 6 heteroatoms. The second-order valence-corrected chi connectivity index (χ2v) is 6.59. The summed E-state index contributed by atoms with van der Waals surface area (Å²) >= 11 is 0. The number of fused-ring (bicyclic) bond motifs is 3. The van der Waals surface area contributed by atoms with Gasteiger partial charge in [0.1, 0.15) is 12.4 Å². The van der Waals surface area contributed by atoms with Crippen LogP contribution in [0.5, 0.6) is 17.2 Å². The maximum Gasteiger partial charge on any atom is 0.231 e. The topological polar surface area (TPSA) is 82.8 Å². The van der Waals surface area contributed by atoms with E-state index in [-0.39, 0.29) is 24.7 Å². The fourth-order valence-corrected chi connectivity index (χ4v) is 4.15. The second-order valence-electron chi connectivity index (χ2n) is 6.59. The van der Waals surface area contributed by atoms with E-state index in [9.17, 15) is 4.79 Å². The average molecular weight is 318 g/mol. The number of hydrogen-bond donors (Lipinski definition) is 2. The van der Waals surface area contributed by atoms with Crippen LogP contribution in [-0.4, -0.2) is 31.9 Å². The third kappa shape index (κ3) is 2.72. The Bertz CT molecular complexity index is 604. The van der Waals surface area contributed by atoms with Crippen LogP contribution >= 0.6 is 0 Å². The van der Waals surface area contributed by atoms with Gasteiger partial charge in [0.25, 0.3) is 0 Å². The molecule has 1 aromatic rings. The van der Waals surface area contributed by atoms with Crippen molar-refractivity contribution < 1.29 is 19.0 Å². The number of nitrogens with two attached hydrogens (primary N) is 1. The number of ether oxygens (including phenoxy) is 3. The van der Waals surface area contributed by atoms with Crippen molar-refractivity contribution in [3.05, 3.63) is 18.2 Å². The van der Waals surface area contributed by atoms with Crippen LogP contribution in [0.3, 0.4) is 0 Å². The minimum atomic E-state index is -0.0145. The first kappa shape index (κ1) is 14.6. The highest BCUT2D eigenvalue weighted by atomic mass is 16.7. The molecule has 0 radical (unpaired) electrons. The summed E-state index contributed by atoms with van der Waals surface area (Å²) in [7, 11) is 0. The zero-order valence-electron chi connectivity index (χ0n) is 13.0. The van der Waals surface area contributed by atoms with E-state index in [2.05, 4.69) is 5.32 Å². The first-order valence-electron chi connectivity index (χ1n) is 8.28. The predicted molar refractivity (Wildman–Crippen MR) is 83.4 cm³/mol. The van der Waals surface area contributed by atoms with Crippen molar-refractivity contribution in [1.82, 2.24) is 5.32 Å². The van der Waals surface area contributed by atoms with Gasteiger partial charge in [-0.25, -0.2) is 0 Å². The van der Waals surface area contributed by atoms with Crippen molar-refractivity contribution in [2.24, 2.45) is 23.5 Å². The molecule has 1 aliphatic heterocycles. The molecule has 2 saturated carbocycles. The van der Waals surface area contributed by atoms with E-state index in [4.69, 9.17) is 19.9 Å². The van der Waals surface area contributed by atoms with Gasteiger partial charge < -0.3 is 25.3 Å². The molecular weight excluding hydrogens is 296 g/mol. The van der Waals surface area contributed by atoms with Crippen LogP contribution in [-0.2, 0) is 4.79 Å². The molecule has 6 nitrogen and oxygen atoms in total. The molecule has 1 amide bonds. The Morgan fingerprint density at radius 2 is 2.09 bits per heavy atom. The van der Waals surface area contributed by atoms with E-state index in [1.54, 1.807) is 6.07 Å². The van der Waals surface area contributed by atoms with Crippen molar-refractivity contribution in [2.45, 2.75) is 25.3 Å². The van der Waals surface area contributed by atoms with Crippen molar-refractivity contribution in [3.8, 4) is 17.2 Å². The van der Waals surface area contributed by atoms with Crippen LogP contribution in [0.2, 0.25) is 0 Å². The quantitative estimate of drug-likeness (QED) is 0.799. The van der Waals surface area contributed by atoms with E-state index in [1.807, 2.05) is 12.1 Å². The number of rotatable bonds is 5. The Hall–Kier alpha value is -1.95. The first-order chi connectivity index (χ1) is 11.2. The largest absolute Gasteiger partial charge is 0.492 e. The summed E-state index contributed by atoms with van der Waals surface area (Å²) in [4.78, 5) is 12.3. The first-order valence-corrected chi connectivity index (χ1v) is 8.28. The Morgan fingerprint density at radius 3 is 2.91 bits per heavy atom. The number of carbonyl (C=O) groups excluding carboxylic acids is 1. The summed E-state index contributed by atoms with van der Waals surface area (Å²) in [6.07, 6.45) is 3.44. The molecule has 1 heterocycles. The second kappa shape index (κ2) is 5.92. The molecule has 4 unspecified atom stereocenters. The summed E-state index contributed by atoms with van der Waals surface area (Å²) in [6, 6.07) is 5.49. The smallest absolute Gasteiger partial charge is 0.231 e. The summed E-state index contributed by atoms with van der Waals surface area (Å²) in [6.45, 7) is 1.15. The van der Waals surface area contributed by atoms with Gasteiger partial charge in [0, 0.05) is 12.1 Å². The lowest BCUT2D eigenvalue weighted by Gasteiger charge is -2.27. The molecule has 0 aromatic heterocycles. The average Bonchev–Trinajstić information content (AvgIpc) is 3.26. The fraction of sp³-hybridized carbons (Fsp3) is 0.588. The van der Waals surface area contributed by atoms with Gasteiger partial charge in [-0.1, -0.05) is 0 Å². The third-order valence-electron chi connectivity index (χ3n) is 5.30. The van der Waals surface area contributed by atoms with Crippen LogP contribution in [0.4, 0.5) is 0 Å². The van der Waals surface area contributed by atoms with Crippen LogP contribution in [0.25, 0.3) is 0 Å². The standard InChI is InChI=1S/C17H22N2O4/c18-16-11-2-1-10(7-11)15(16)17(20)19-5-6-21-12-3-4-13-14(8-12)23-9-22-13/h3-4,8,10-11,15-16H,1-2,5-7,9,18H2,(H,19,20). The van der Waals surface area contributed by atoms with Crippen LogP contribution in [0.1, 0.15) is 19.3 Å². The molecule has 2 fully saturated rings. The van der Waals surface area contributed by atoms with E-state index in [0.29, 0.717) is 36.5 Å². The number of hydrogen-bond acceptors (Lipinski definition) is 5. The molecular formula is C17H22N2O4. The highest BCUT2D eigenvalue weighted by Crippen LogP contribution is 2.47. The maximum atomic E-state index is 12.3. The molecule has 3 aliphatic rings. The number of nitrogens with one attached hydrogen (secondary N) is 1. The SMILES string of the molecule is NC1C2CCC(C2)C1C(=O)NCCOc1ccc2c(c1)OCO2. The summed E-state index contributed by atoms with van der Waals surface area (Å²) in [5, 5.41) is 2.96. The summed E-state index contributed by atoms with van der Waals surface area (Å²) in [5.41, 5.74) is 6.19. The molecule has 0 saturated heterocycles. The van der Waals surface area contributed by atoms with Crippen LogP contribution < -0.4 is 25.3 Å². The fourth-order valence-electron chi connectivity index (χ4n) is 4.15. The normalized spacial score (nSPS) is 30.5. The molecule has 23 heavy (non-hydrogen) atoms. The molecule has 3 N–H and O–H groups in total. The summed E-state index contributed by atoms with van der Waals surface area (Å²) < 4.78 is 16.2. The number of carbonyl (C=O) groups is 1. The zero-order chi connectivity index (χ0) is 15.8. The van der Waals surface area contributed by atoms with Gasteiger partial charge in [-0.2, -0.15) is 0 Å². The lowest BCUT2D eigenvalue weighted by molar-refractivity contribution is -0.127. The zero-order valence-corrected chi connectivity index (χ0v) is 13.0. The van der Waals surface area contributed by atoms with Gasteiger partial charge >= 0.3 is 0 Å². The third-order valence-corrected chi connectivity index (χ3v) is 5.30. The van der Waals surface area contributed by atoms with Gasteiger partial charge in [-0.15, -0.1) is 0 Å². The Balaban J connectivity index is 1.24. The Labute approximate surface area is 135 Å². The van der Waals surface area contributed by atoms with Crippen molar-refractivity contribution in [3.63, 3.8) is 0 Å². The lowest BCUT2D eigenvalue weighted by Crippen LogP contribution is -2.46. The minimum Gasteiger partial charge on any atom is -0.492 e. The Morgan fingerprint density at radius 1 is 1.26 bits per heavy atom. The molecule has 124 valence electrons. The van der Waals surface area contributed by atoms with Crippen molar-refractivity contribution in [1.29, 1.82) is 0 Å². The van der Waals surface area contributed by atoms with E-state index in [0.717, 1.165) is 18.6 Å². The number of amides is 1. The highest BCUT2D eigenvalue weighted by Gasteiger charge is 2.48. The monoisotopic (exact) mass is 318 g/mol. The molecule has 0 spiro atoms.